The number of hydrogen-bond donors (Lipinski definition) is 0. The van der Waals surface area contributed by atoms with Crippen molar-refractivity contribution in [2.45, 2.75) is 19.5 Å². The number of aromatic nitrogens is 4. The summed E-state index contributed by atoms with van der Waals surface area (Å²) in [6, 6.07) is 14.6. The first-order valence-corrected chi connectivity index (χ1v) is 8.70. The van der Waals surface area contributed by atoms with Crippen LogP contribution in [0.4, 0.5) is 0 Å². The van der Waals surface area contributed by atoms with Crippen molar-refractivity contribution in [2.24, 2.45) is 0 Å². The van der Waals surface area contributed by atoms with Crippen LogP contribution >= 0.6 is 0 Å². The van der Waals surface area contributed by atoms with E-state index >= 15 is 0 Å². The normalized spacial score (nSPS) is 12.6. The van der Waals surface area contributed by atoms with Gasteiger partial charge in [0.1, 0.15) is 0 Å². The SMILES string of the molecule is CC(c1ccncc1)N(C)Cc1cnc2c(-c3ccccc3)cnn2c1. The molecule has 5 heteroatoms. The molecule has 0 amide bonds. The van der Waals surface area contributed by atoms with Gasteiger partial charge in [-0.2, -0.15) is 5.10 Å². The first-order chi connectivity index (χ1) is 12.7. The van der Waals surface area contributed by atoms with Crippen LogP contribution in [0.1, 0.15) is 24.1 Å². The summed E-state index contributed by atoms with van der Waals surface area (Å²) < 4.78 is 1.86. The number of fused-ring (bicyclic) bond motifs is 1. The fraction of sp³-hybridized carbons (Fsp3) is 0.190. The summed E-state index contributed by atoms with van der Waals surface area (Å²) in [5, 5.41) is 4.49. The molecule has 3 heterocycles. The predicted molar refractivity (Wildman–Crippen MR) is 103 cm³/mol. The van der Waals surface area contributed by atoms with E-state index < -0.39 is 0 Å². The zero-order chi connectivity index (χ0) is 17.9. The van der Waals surface area contributed by atoms with Gasteiger partial charge in [0.15, 0.2) is 5.65 Å². The molecule has 0 saturated heterocycles. The smallest absolute Gasteiger partial charge is 0.162 e. The van der Waals surface area contributed by atoms with Crippen molar-refractivity contribution in [3.05, 3.63) is 84.6 Å². The molecule has 4 rings (SSSR count). The Morgan fingerprint density at radius 2 is 1.81 bits per heavy atom. The molecule has 4 aromatic rings. The zero-order valence-electron chi connectivity index (χ0n) is 14.9. The van der Waals surface area contributed by atoms with E-state index in [9.17, 15) is 0 Å². The standard InChI is InChI=1S/C21H21N5/c1-16(18-8-10-22-11-9-18)25(2)14-17-12-23-21-20(13-24-26(21)15-17)19-6-4-3-5-7-19/h3-13,15-16H,14H2,1-2H3. The van der Waals surface area contributed by atoms with E-state index in [1.54, 1.807) is 0 Å². The van der Waals surface area contributed by atoms with Crippen LogP contribution in [0.2, 0.25) is 0 Å². The maximum absolute atomic E-state index is 4.67. The van der Waals surface area contributed by atoms with Gasteiger partial charge in [-0.15, -0.1) is 0 Å². The second kappa shape index (κ2) is 7.06. The molecule has 0 spiro atoms. The Morgan fingerprint density at radius 1 is 1.04 bits per heavy atom. The van der Waals surface area contributed by atoms with Gasteiger partial charge in [0.2, 0.25) is 0 Å². The highest BCUT2D eigenvalue weighted by molar-refractivity contribution is 5.76. The molecule has 0 radical (unpaired) electrons. The summed E-state index contributed by atoms with van der Waals surface area (Å²) in [6.45, 7) is 3.00. The maximum atomic E-state index is 4.67. The van der Waals surface area contributed by atoms with Crippen LogP contribution in [0.25, 0.3) is 16.8 Å². The molecule has 5 nitrogen and oxygen atoms in total. The highest BCUT2D eigenvalue weighted by Gasteiger charge is 2.13. The summed E-state index contributed by atoms with van der Waals surface area (Å²) in [5.41, 5.74) is 5.44. The maximum Gasteiger partial charge on any atom is 0.162 e. The lowest BCUT2D eigenvalue weighted by Gasteiger charge is -2.24. The molecule has 0 saturated carbocycles. The fourth-order valence-corrected chi connectivity index (χ4v) is 3.14. The third kappa shape index (κ3) is 3.21. The Labute approximate surface area is 153 Å². The minimum Gasteiger partial charge on any atom is -0.295 e. The molecule has 0 bridgehead atoms. The molecule has 0 N–H and O–H groups in total. The highest BCUT2D eigenvalue weighted by atomic mass is 15.2. The molecule has 0 aliphatic rings. The Balaban J connectivity index is 1.57. The molecule has 1 aromatic carbocycles. The zero-order valence-corrected chi connectivity index (χ0v) is 14.9. The lowest BCUT2D eigenvalue weighted by molar-refractivity contribution is 0.252. The molecule has 1 unspecified atom stereocenters. The summed E-state index contributed by atoms with van der Waals surface area (Å²) in [5.74, 6) is 0. The van der Waals surface area contributed by atoms with Gasteiger partial charge < -0.3 is 0 Å². The summed E-state index contributed by atoms with van der Waals surface area (Å²) in [7, 11) is 2.12. The number of nitrogens with zero attached hydrogens (tertiary/aromatic N) is 5. The van der Waals surface area contributed by atoms with Crippen molar-refractivity contribution in [2.75, 3.05) is 7.05 Å². The van der Waals surface area contributed by atoms with Crippen LogP contribution < -0.4 is 0 Å². The van der Waals surface area contributed by atoms with Gasteiger partial charge in [-0.3, -0.25) is 9.88 Å². The Hall–Kier alpha value is -3.05. The third-order valence-corrected chi connectivity index (χ3v) is 4.78. The Kier molecular flexibility index (Phi) is 4.46. The number of benzene rings is 1. The Morgan fingerprint density at radius 3 is 2.58 bits per heavy atom. The quantitative estimate of drug-likeness (QED) is 0.550. The highest BCUT2D eigenvalue weighted by Crippen LogP contribution is 2.24. The van der Waals surface area contributed by atoms with Crippen LogP contribution in [0.15, 0.2) is 73.4 Å². The molecule has 0 aliphatic heterocycles. The average molecular weight is 343 g/mol. The third-order valence-electron chi connectivity index (χ3n) is 4.78. The fourth-order valence-electron chi connectivity index (χ4n) is 3.14. The van der Waals surface area contributed by atoms with Crippen LogP contribution in [0.3, 0.4) is 0 Å². The van der Waals surface area contributed by atoms with Crippen LogP contribution in [-0.2, 0) is 6.54 Å². The van der Waals surface area contributed by atoms with Crippen LogP contribution in [-0.4, -0.2) is 31.5 Å². The van der Waals surface area contributed by atoms with Crippen molar-refractivity contribution in [1.29, 1.82) is 0 Å². The monoisotopic (exact) mass is 343 g/mol. The first kappa shape index (κ1) is 16.4. The van der Waals surface area contributed by atoms with E-state index in [1.807, 2.05) is 47.5 Å². The van der Waals surface area contributed by atoms with Gasteiger partial charge in [0.25, 0.3) is 0 Å². The van der Waals surface area contributed by atoms with Crippen molar-refractivity contribution >= 4 is 5.65 Å². The van der Waals surface area contributed by atoms with Gasteiger partial charge in [0.05, 0.1) is 6.20 Å². The lowest BCUT2D eigenvalue weighted by atomic mass is 10.1. The van der Waals surface area contributed by atoms with Crippen molar-refractivity contribution in [3.63, 3.8) is 0 Å². The summed E-state index contributed by atoms with van der Waals surface area (Å²) in [6.07, 6.45) is 9.55. The minimum atomic E-state index is 0.297. The van der Waals surface area contributed by atoms with Crippen LogP contribution in [0.5, 0.6) is 0 Å². The van der Waals surface area contributed by atoms with E-state index in [-0.39, 0.29) is 0 Å². The average Bonchev–Trinajstić information content (AvgIpc) is 3.12. The molecule has 130 valence electrons. The second-order valence-electron chi connectivity index (χ2n) is 6.53. The molecule has 0 fully saturated rings. The van der Waals surface area contributed by atoms with Gasteiger partial charge >= 0.3 is 0 Å². The molecule has 26 heavy (non-hydrogen) atoms. The largest absolute Gasteiger partial charge is 0.295 e. The van der Waals surface area contributed by atoms with E-state index in [0.717, 1.165) is 28.9 Å². The molecule has 1 atom stereocenters. The van der Waals surface area contributed by atoms with E-state index in [0.29, 0.717) is 6.04 Å². The predicted octanol–water partition coefficient (Wildman–Crippen LogP) is 3.98. The summed E-state index contributed by atoms with van der Waals surface area (Å²) >= 11 is 0. The van der Waals surface area contributed by atoms with Crippen molar-refractivity contribution < 1.29 is 0 Å². The number of hydrogen-bond acceptors (Lipinski definition) is 4. The Bertz CT molecular complexity index is 995. The topological polar surface area (TPSA) is 46.3 Å². The lowest BCUT2D eigenvalue weighted by Crippen LogP contribution is -2.22. The van der Waals surface area contributed by atoms with Crippen LogP contribution in [0, 0.1) is 0 Å². The van der Waals surface area contributed by atoms with E-state index in [2.05, 4.69) is 64.4 Å². The van der Waals surface area contributed by atoms with E-state index in [1.165, 1.54) is 5.56 Å². The summed E-state index contributed by atoms with van der Waals surface area (Å²) in [4.78, 5) is 11.1. The van der Waals surface area contributed by atoms with Gasteiger partial charge in [-0.05, 0) is 37.2 Å². The molecule has 3 aromatic heterocycles. The second-order valence-corrected chi connectivity index (χ2v) is 6.53. The number of pyridine rings is 1. The van der Waals surface area contributed by atoms with Crippen molar-refractivity contribution in [1.82, 2.24) is 24.5 Å². The minimum absolute atomic E-state index is 0.297. The first-order valence-electron chi connectivity index (χ1n) is 8.70. The van der Waals surface area contributed by atoms with Crippen molar-refractivity contribution in [3.8, 4) is 11.1 Å². The number of rotatable bonds is 5. The van der Waals surface area contributed by atoms with E-state index in [4.69, 9.17) is 0 Å². The van der Waals surface area contributed by atoms with Gasteiger partial charge in [-0.25, -0.2) is 9.50 Å². The molecule has 0 aliphatic carbocycles. The molecular weight excluding hydrogens is 322 g/mol. The van der Waals surface area contributed by atoms with Gasteiger partial charge in [0, 0.05) is 48.5 Å². The van der Waals surface area contributed by atoms with Gasteiger partial charge in [-0.1, -0.05) is 30.3 Å². The molecular formula is C21H21N5.